The SMILES string of the molecule is C=C/C(C)=C/C[C@@H]1O[C@H](C)[C@H](NC(/C=C\C(C)C(=N)NC(C)=O)OC)C[C@@H]1C. The Labute approximate surface area is 170 Å². The molecule has 0 aromatic heterocycles. The first-order valence-corrected chi connectivity index (χ1v) is 9.95. The highest BCUT2D eigenvalue weighted by Gasteiger charge is 2.33. The van der Waals surface area contributed by atoms with Gasteiger partial charge in [0.25, 0.3) is 0 Å². The minimum absolute atomic E-state index is 0.0692. The maximum absolute atomic E-state index is 11.1. The van der Waals surface area contributed by atoms with Crippen molar-refractivity contribution in [2.45, 2.75) is 71.9 Å². The van der Waals surface area contributed by atoms with Gasteiger partial charge in [-0.25, -0.2) is 0 Å². The van der Waals surface area contributed by atoms with Crippen LogP contribution in [0.4, 0.5) is 0 Å². The molecule has 0 aromatic rings. The second-order valence-electron chi connectivity index (χ2n) is 7.68. The largest absolute Gasteiger partial charge is 0.373 e. The van der Waals surface area contributed by atoms with Crippen molar-refractivity contribution in [2.24, 2.45) is 11.8 Å². The number of hydrogen-bond acceptors (Lipinski definition) is 5. The zero-order valence-electron chi connectivity index (χ0n) is 18.1. The monoisotopic (exact) mass is 391 g/mol. The van der Waals surface area contributed by atoms with Gasteiger partial charge in [0.15, 0.2) is 0 Å². The van der Waals surface area contributed by atoms with E-state index in [1.165, 1.54) is 12.5 Å². The smallest absolute Gasteiger partial charge is 0.222 e. The van der Waals surface area contributed by atoms with Gasteiger partial charge in [0.1, 0.15) is 12.1 Å². The van der Waals surface area contributed by atoms with E-state index in [4.69, 9.17) is 14.9 Å². The van der Waals surface area contributed by atoms with Crippen LogP contribution in [0.25, 0.3) is 0 Å². The van der Waals surface area contributed by atoms with E-state index in [2.05, 4.69) is 44.1 Å². The Kier molecular flexibility index (Phi) is 10.4. The number of ether oxygens (including phenoxy) is 2. The topological polar surface area (TPSA) is 83.4 Å². The molecule has 0 bridgehead atoms. The first kappa shape index (κ1) is 24.3. The van der Waals surface area contributed by atoms with E-state index >= 15 is 0 Å². The van der Waals surface area contributed by atoms with Gasteiger partial charge < -0.3 is 14.8 Å². The van der Waals surface area contributed by atoms with Gasteiger partial charge in [-0.15, -0.1) is 0 Å². The van der Waals surface area contributed by atoms with E-state index in [0.29, 0.717) is 5.92 Å². The Balaban J connectivity index is 2.63. The van der Waals surface area contributed by atoms with Crippen LogP contribution in [-0.2, 0) is 14.3 Å². The van der Waals surface area contributed by atoms with E-state index in [1.807, 2.05) is 25.2 Å². The van der Waals surface area contributed by atoms with Crippen LogP contribution in [0, 0.1) is 17.2 Å². The van der Waals surface area contributed by atoms with Crippen LogP contribution >= 0.6 is 0 Å². The second-order valence-corrected chi connectivity index (χ2v) is 7.68. The summed E-state index contributed by atoms with van der Waals surface area (Å²) in [6, 6.07) is 0.176. The van der Waals surface area contributed by atoms with Crippen molar-refractivity contribution in [3.63, 3.8) is 0 Å². The van der Waals surface area contributed by atoms with Crippen molar-refractivity contribution in [1.29, 1.82) is 5.41 Å². The normalized spacial score (nSPS) is 28.0. The predicted octanol–water partition coefficient (Wildman–Crippen LogP) is 3.56. The van der Waals surface area contributed by atoms with Crippen LogP contribution in [-0.4, -0.2) is 43.3 Å². The van der Waals surface area contributed by atoms with Crippen LogP contribution in [0.1, 0.15) is 47.5 Å². The van der Waals surface area contributed by atoms with Gasteiger partial charge in [0.05, 0.1) is 12.2 Å². The fourth-order valence-corrected chi connectivity index (χ4v) is 3.21. The van der Waals surface area contributed by atoms with E-state index in [9.17, 15) is 4.79 Å². The number of allylic oxidation sites excluding steroid dienone is 2. The summed E-state index contributed by atoms with van der Waals surface area (Å²) >= 11 is 0. The van der Waals surface area contributed by atoms with Gasteiger partial charge in [0.2, 0.25) is 5.91 Å². The molecule has 1 fully saturated rings. The van der Waals surface area contributed by atoms with Crippen LogP contribution in [0.3, 0.4) is 0 Å². The lowest BCUT2D eigenvalue weighted by molar-refractivity contribution is -0.117. The highest BCUT2D eigenvalue weighted by Crippen LogP contribution is 2.28. The molecular formula is C22H37N3O3. The molecule has 0 radical (unpaired) electrons. The van der Waals surface area contributed by atoms with Gasteiger partial charge in [-0.1, -0.05) is 44.2 Å². The molecule has 2 unspecified atom stereocenters. The highest BCUT2D eigenvalue weighted by molar-refractivity contribution is 5.97. The number of amidine groups is 1. The van der Waals surface area contributed by atoms with Crippen molar-refractivity contribution in [3.05, 3.63) is 36.5 Å². The molecule has 1 amide bonds. The van der Waals surface area contributed by atoms with Crippen molar-refractivity contribution < 1.29 is 14.3 Å². The molecular weight excluding hydrogens is 354 g/mol. The standard InChI is InChI=1S/C22H37N3O3/c1-8-14(2)9-11-20-16(4)13-19(17(5)28-20)25-21(27-7)12-10-15(3)22(23)24-18(6)26/h8-10,12,15-17,19-21,25H,1,11,13H2,2-7H3,(H2,23,24,26)/b12-10-,14-9+/t15?,16-,17+,19+,20-,21?/m0/s1. The third-order valence-electron chi connectivity index (χ3n) is 5.18. The molecule has 6 heteroatoms. The number of carbonyl (C=O) groups is 1. The van der Waals surface area contributed by atoms with Crippen molar-refractivity contribution in [3.8, 4) is 0 Å². The average Bonchev–Trinajstić information content (AvgIpc) is 2.64. The quantitative estimate of drug-likeness (QED) is 0.184. The Morgan fingerprint density at radius 1 is 1.36 bits per heavy atom. The summed E-state index contributed by atoms with van der Waals surface area (Å²) in [6.45, 7) is 13.4. The van der Waals surface area contributed by atoms with Crippen LogP contribution in [0.2, 0.25) is 0 Å². The zero-order valence-corrected chi connectivity index (χ0v) is 18.1. The Morgan fingerprint density at radius 2 is 2.04 bits per heavy atom. The summed E-state index contributed by atoms with van der Waals surface area (Å²) in [6.07, 6.45) is 9.69. The molecule has 1 heterocycles. The molecule has 158 valence electrons. The number of amides is 1. The van der Waals surface area contributed by atoms with Crippen LogP contribution < -0.4 is 10.6 Å². The number of methoxy groups -OCH3 is 1. The Bertz CT molecular complexity index is 600. The average molecular weight is 392 g/mol. The van der Waals surface area contributed by atoms with Gasteiger partial charge in [0, 0.05) is 26.0 Å². The van der Waals surface area contributed by atoms with Gasteiger partial charge in [-0.3, -0.25) is 15.5 Å². The van der Waals surface area contributed by atoms with Gasteiger partial charge in [-0.05, 0) is 38.7 Å². The molecule has 0 spiro atoms. The lowest BCUT2D eigenvalue weighted by Crippen LogP contribution is -2.52. The molecule has 28 heavy (non-hydrogen) atoms. The minimum atomic E-state index is -0.282. The van der Waals surface area contributed by atoms with E-state index in [0.717, 1.165) is 12.8 Å². The lowest BCUT2D eigenvalue weighted by Gasteiger charge is -2.40. The number of hydrogen-bond donors (Lipinski definition) is 3. The first-order valence-electron chi connectivity index (χ1n) is 9.95. The summed E-state index contributed by atoms with van der Waals surface area (Å²) in [5.41, 5.74) is 1.17. The molecule has 1 rings (SSSR count). The molecule has 0 aliphatic carbocycles. The minimum Gasteiger partial charge on any atom is -0.373 e. The van der Waals surface area contributed by atoms with Crippen molar-refractivity contribution >= 4 is 11.7 Å². The molecule has 0 aromatic carbocycles. The Morgan fingerprint density at radius 3 is 2.61 bits per heavy atom. The van der Waals surface area contributed by atoms with Crippen LogP contribution in [0.15, 0.2) is 36.5 Å². The molecule has 1 aliphatic heterocycles. The number of rotatable bonds is 9. The maximum Gasteiger partial charge on any atom is 0.222 e. The second kappa shape index (κ2) is 11.9. The lowest BCUT2D eigenvalue weighted by atomic mass is 9.88. The summed E-state index contributed by atoms with van der Waals surface area (Å²) < 4.78 is 11.8. The summed E-state index contributed by atoms with van der Waals surface area (Å²) in [7, 11) is 1.65. The number of carbonyl (C=O) groups excluding carboxylic acids is 1. The van der Waals surface area contributed by atoms with Crippen molar-refractivity contribution in [1.82, 2.24) is 10.6 Å². The third-order valence-corrected chi connectivity index (χ3v) is 5.18. The van der Waals surface area contributed by atoms with E-state index in [1.54, 1.807) is 7.11 Å². The summed E-state index contributed by atoms with van der Waals surface area (Å²) in [5, 5.41) is 13.9. The van der Waals surface area contributed by atoms with E-state index in [-0.39, 0.29) is 42.1 Å². The number of nitrogens with one attached hydrogen (secondary N) is 3. The first-order chi connectivity index (χ1) is 13.2. The Hall–Kier alpha value is -1.76. The van der Waals surface area contributed by atoms with Crippen LogP contribution in [0.5, 0.6) is 0 Å². The van der Waals surface area contributed by atoms with E-state index < -0.39 is 0 Å². The maximum atomic E-state index is 11.1. The van der Waals surface area contributed by atoms with Crippen molar-refractivity contribution in [2.75, 3.05) is 7.11 Å². The predicted molar refractivity (Wildman–Crippen MR) is 114 cm³/mol. The van der Waals surface area contributed by atoms with Gasteiger partial charge in [-0.2, -0.15) is 0 Å². The summed E-state index contributed by atoms with van der Waals surface area (Å²) in [4.78, 5) is 11.1. The molecule has 3 N–H and O–H groups in total. The molecule has 6 atom stereocenters. The fourth-order valence-electron chi connectivity index (χ4n) is 3.21. The third kappa shape index (κ3) is 8.09. The molecule has 1 aliphatic rings. The molecule has 1 saturated heterocycles. The highest BCUT2D eigenvalue weighted by atomic mass is 16.5. The summed E-state index contributed by atoms with van der Waals surface area (Å²) in [5.74, 6) is 0.163. The molecule has 6 nitrogen and oxygen atoms in total. The zero-order chi connectivity index (χ0) is 21.3. The molecule has 0 saturated carbocycles. The van der Waals surface area contributed by atoms with Gasteiger partial charge >= 0.3 is 0 Å². The fraction of sp³-hybridized carbons (Fsp3) is 0.636.